The molecule has 0 saturated carbocycles. The topological polar surface area (TPSA) is 52.7 Å². The van der Waals surface area contributed by atoms with Crippen LogP contribution in [0.15, 0.2) is 24.3 Å². The molecule has 126 valence electrons. The summed E-state index contributed by atoms with van der Waals surface area (Å²) in [7, 11) is 1.79. The largest absolute Gasteiger partial charge is 0.342 e. The fourth-order valence-corrected chi connectivity index (χ4v) is 2.97. The molecule has 1 unspecified atom stereocenters. The molecule has 1 fully saturated rings. The van der Waals surface area contributed by atoms with Crippen molar-refractivity contribution in [2.45, 2.75) is 38.8 Å². The Labute approximate surface area is 142 Å². The number of amides is 3. The van der Waals surface area contributed by atoms with Gasteiger partial charge in [0.1, 0.15) is 6.04 Å². The molecule has 1 aliphatic rings. The van der Waals surface area contributed by atoms with E-state index in [1.54, 1.807) is 22.9 Å². The van der Waals surface area contributed by atoms with Crippen molar-refractivity contribution in [3.05, 3.63) is 34.9 Å². The normalized spacial score (nSPS) is 18.2. The quantitative estimate of drug-likeness (QED) is 0.898. The lowest BCUT2D eigenvalue weighted by Crippen LogP contribution is -2.59. The van der Waals surface area contributed by atoms with E-state index >= 15 is 0 Å². The van der Waals surface area contributed by atoms with E-state index < -0.39 is 0 Å². The molecule has 0 aromatic heterocycles. The van der Waals surface area contributed by atoms with E-state index in [4.69, 9.17) is 11.6 Å². The molecule has 1 N–H and O–H groups in total. The fourth-order valence-electron chi connectivity index (χ4n) is 2.76. The Bertz CT molecular complexity index is 565. The van der Waals surface area contributed by atoms with Crippen LogP contribution >= 0.6 is 11.6 Å². The molecule has 1 atom stereocenters. The minimum Gasteiger partial charge on any atom is -0.342 e. The SMILES string of the molecule is CCCCC1C(=O)N(C)CCN1C(=O)NCc1cccc(Cl)c1. The van der Waals surface area contributed by atoms with Crippen LogP contribution in [-0.4, -0.2) is 47.9 Å². The van der Waals surface area contributed by atoms with Crippen molar-refractivity contribution in [1.82, 2.24) is 15.1 Å². The van der Waals surface area contributed by atoms with Crippen molar-refractivity contribution in [3.63, 3.8) is 0 Å². The predicted octanol–water partition coefficient (Wildman–Crippen LogP) is 2.88. The number of nitrogens with zero attached hydrogens (tertiary/aromatic N) is 2. The first kappa shape index (κ1) is 17.6. The van der Waals surface area contributed by atoms with Crippen LogP contribution in [0.5, 0.6) is 0 Å². The van der Waals surface area contributed by atoms with Gasteiger partial charge in [-0.05, 0) is 24.1 Å². The number of hydrogen-bond acceptors (Lipinski definition) is 2. The number of nitrogens with one attached hydrogen (secondary N) is 1. The van der Waals surface area contributed by atoms with Crippen molar-refractivity contribution in [2.24, 2.45) is 0 Å². The van der Waals surface area contributed by atoms with Gasteiger partial charge in [-0.3, -0.25) is 4.79 Å². The maximum absolute atomic E-state index is 12.5. The monoisotopic (exact) mass is 337 g/mol. The molecule has 23 heavy (non-hydrogen) atoms. The lowest BCUT2D eigenvalue weighted by atomic mass is 10.0. The highest BCUT2D eigenvalue weighted by atomic mass is 35.5. The highest BCUT2D eigenvalue weighted by Crippen LogP contribution is 2.17. The predicted molar refractivity (Wildman–Crippen MR) is 91.3 cm³/mol. The van der Waals surface area contributed by atoms with Crippen molar-refractivity contribution in [3.8, 4) is 0 Å². The maximum atomic E-state index is 12.5. The van der Waals surface area contributed by atoms with Crippen LogP contribution in [0.2, 0.25) is 5.02 Å². The van der Waals surface area contributed by atoms with Gasteiger partial charge < -0.3 is 15.1 Å². The summed E-state index contributed by atoms with van der Waals surface area (Å²) in [5, 5.41) is 3.54. The van der Waals surface area contributed by atoms with Gasteiger partial charge in [-0.2, -0.15) is 0 Å². The summed E-state index contributed by atoms with van der Waals surface area (Å²) in [6, 6.07) is 6.85. The van der Waals surface area contributed by atoms with Crippen LogP contribution in [0, 0.1) is 0 Å². The zero-order chi connectivity index (χ0) is 16.8. The van der Waals surface area contributed by atoms with E-state index in [1.165, 1.54) is 0 Å². The molecule has 1 aliphatic heterocycles. The summed E-state index contributed by atoms with van der Waals surface area (Å²) >= 11 is 5.95. The van der Waals surface area contributed by atoms with Gasteiger partial charge in [-0.15, -0.1) is 0 Å². The van der Waals surface area contributed by atoms with Gasteiger partial charge in [-0.25, -0.2) is 4.79 Å². The molecule has 0 spiro atoms. The van der Waals surface area contributed by atoms with Crippen LogP contribution in [-0.2, 0) is 11.3 Å². The summed E-state index contributed by atoms with van der Waals surface area (Å²) in [5.74, 6) is 0.0302. The van der Waals surface area contributed by atoms with Gasteiger partial charge in [0.2, 0.25) is 5.91 Å². The minimum absolute atomic E-state index is 0.0302. The summed E-state index contributed by atoms with van der Waals surface area (Å²) in [6.45, 7) is 3.63. The third-order valence-electron chi connectivity index (χ3n) is 4.14. The van der Waals surface area contributed by atoms with Crippen LogP contribution in [0.4, 0.5) is 4.79 Å². The molecule has 1 saturated heterocycles. The molecule has 5 nitrogen and oxygen atoms in total. The van der Waals surface area contributed by atoms with Crippen molar-refractivity contribution in [1.29, 1.82) is 0 Å². The molecule has 3 amide bonds. The minimum atomic E-state index is -0.354. The number of likely N-dealkylation sites (N-methyl/N-ethyl adjacent to an activating group) is 1. The average molecular weight is 338 g/mol. The third-order valence-corrected chi connectivity index (χ3v) is 4.37. The zero-order valence-corrected chi connectivity index (χ0v) is 14.5. The van der Waals surface area contributed by atoms with Crippen LogP contribution in [0.1, 0.15) is 31.7 Å². The number of unbranched alkanes of at least 4 members (excludes halogenated alkanes) is 1. The van der Waals surface area contributed by atoms with Crippen LogP contribution < -0.4 is 5.32 Å². The Hall–Kier alpha value is -1.75. The van der Waals surface area contributed by atoms with Gasteiger partial charge in [0.15, 0.2) is 0 Å². The second-order valence-electron chi connectivity index (χ2n) is 5.90. The van der Waals surface area contributed by atoms with Gasteiger partial charge >= 0.3 is 6.03 Å². The lowest BCUT2D eigenvalue weighted by molar-refractivity contribution is -0.138. The van der Waals surface area contributed by atoms with E-state index in [2.05, 4.69) is 12.2 Å². The first-order valence-corrected chi connectivity index (χ1v) is 8.44. The molecule has 1 aromatic carbocycles. The van der Waals surface area contributed by atoms with E-state index in [1.807, 2.05) is 18.2 Å². The van der Waals surface area contributed by atoms with E-state index in [9.17, 15) is 9.59 Å². The number of carbonyl (C=O) groups excluding carboxylic acids is 2. The highest BCUT2D eigenvalue weighted by molar-refractivity contribution is 6.30. The Morgan fingerprint density at radius 3 is 2.87 bits per heavy atom. The van der Waals surface area contributed by atoms with Gasteiger partial charge in [0.05, 0.1) is 0 Å². The first-order chi connectivity index (χ1) is 11.0. The Kier molecular flexibility index (Phi) is 6.28. The van der Waals surface area contributed by atoms with Gasteiger partial charge in [0, 0.05) is 31.7 Å². The van der Waals surface area contributed by atoms with Gasteiger partial charge in [0.25, 0.3) is 0 Å². The summed E-state index contributed by atoms with van der Waals surface area (Å²) in [5.41, 5.74) is 0.941. The van der Waals surface area contributed by atoms with Gasteiger partial charge in [-0.1, -0.05) is 43.5 Å². The maximum Gasteiger partial charge on any atom is 0.318 e. The molecular weight excluding hydrogens is 314 g/mol. The summed E-state index contributed by atoms with van der Waals surface area (Å²) in [4.78, 5) is 28.2. The number of carbonyl (C=O) groups is 2. The van der Waals surface area contributed by atoms with E-state index in [0.29, 0.717) is 31.1 Å². The Morgan fingerprint density at radius 2 is 2.17 bits per heavy atom. The molecule has 0 radical (unpaired) electrons. The molecule has 1 heterocycles. The van der Waals surface area contributed by atoms with Crippen LogP contribution in [0.25, 0.3) is 0 Å². The summed E-state index contributed by atoms with van der Waals surface area (Å²) in [6.07, 6.45) is 2.65. The van der Waals surface area contributed by atoms with Crippen molar-refractivity contribution < 1.29 is 9.59 Å². The van der Waals surface area contributed by atoms with E-state index in [0.717, 1.165) is 18.4 Å². The second-order valence-corrected chi connectivity index (χ2v) is 6.34. The fraction of sp³-hybridized carbons (Fsp3) is 0.529. The number of piperazine rings is 1. The lowest BCUT2D eigenvalue weighted by Gasteiger charge is -2.39. The standard InChI is InChI=1S/C17H24ClN3O2/c1-3-4-8-15-16(22)20(2)9-10-21(15)17(23)19-12-13-6-5-7-14(18)11-13/h5-7,11,15H,3-4,8-10,12H2,1-2H3,(H,19,23). The number of rotatable bonds is 5. The molecule has 6 heteroatoms. The third kappa shape index (κ3) is 4.61. The molecule has 0 bridgehead atoms. The number of urea groups is 1. The van der Waals surface area contributed by atoms with Crippen molar-refractivity contribution in [2.75, 3.05) is 20.1 Å². The first-order valence-electron chi connectivity index (χ1n) is 8.06. The molecule has 2 rings (SSSR count). The molecule has 0 aliphatic carbocycles. The van der Waals surface area contributed by atoms with Crippen LogP contribution in [0.3, 0.4) is 0 Å². The second kappa shape index (κ2) is 8.20. The number of benzene rings is 1. The molecular formula is C17H24ClN3O2. The Balaban J connectivity index is 1.99. The van der Waals surface area contributed by atoms with E-state index in [-0.39, 0.29) is 18.0 Å². The zero-order valence-electron chi connectivity index (χ0n) is 13.7. The molecule has 1 aromatic rings. The number of hydrogen-bond donors (Lipinski definition) is 1. The average Bonchev–Trinajstić information content (AvgIpc) is 2.54. The van der Waals surface area contributed by atoms with Crippen molar-refractivity contribution >= 4 is 23.5 Å². The number of halogens is 1. The summed E-state index contributed by atoms with van der Waals surface area (Å²) < 4.78 is 0. The smallest absolute Gasteiger partial charge is 0.318 e. The Morgan fingerprint density at radius 1 is 1.39 bits per heavy atom. The highest BCUT2D eigenvalue weighted by Gasteiger charge is 2.35.